The third-order valence-corrected chi connectivity index (χ3v) is 4.07. The zero-order valence-electron chi connectivity index (χ0n) is 14.8. The Bertz CT molecular complexity index is 651. The molecule has 1 aliphatic carbocycles. The minimum Gasteiger partial charge on any atom is -0.289 e. The maximum absolute atomic E-state index is 12.3. The van der Waals surface area contributed by atoms with Crippen LogP contribution < -0.4 is 0 Å². The molecule has 0 N–H and O–H groups in total. The van der Waals surface area contributed by atoms with E-state index in [1.54, 1.807) is 20.8 Å². The van der Waals surface area contributed by atoms with Gasteiger partial charge in [-0.2, -0.15) is 0 Å². The zero-order valence-corrected chi connectivity index (χ0v) is 14.8. The third kappa shape index (κ3) is 5.57. The summed E-state index contributed by atoms with van der Waals surface area (Å²) in [7, 11) is 0. The van der Waals surface area contributed by atoms with Gasteiger partial charge in [-0.15, -0.1) is 23.7 Å². The van der Waals surface area contributed by atoms with E-state index < -0.39 is 0 Å². The quantitative estimate of drug-likeness (QED) is 0.424. The van der Waals surface area contributed by atoms with Crippen molar-refractivity contribution >= 4 is 11.6 Å². The summed E-state index contributed by atoms with van der Waals surface area (Å²) < 4.78 is 0. The maximum Gasteiger partial charge on any atom is 0.185 e. The summed E-state index contributed by atoms with van der Waals surface area (Å²) in [5.74, 6) is 12.5. The molecule has 0 saturated heterocycles. The SMILES string of the molecule is CCC#CCCCC#CCCCC1=C(C)C(=O)C(C)=C(C)C1=O. The number of hydrogen-bond donors (Lipinski definition) is 0. The Kier molecular flexibility index (Phi) is 8.14. The number of carbonyl (C=O) groups excluding carboxylic acids is 2. The summed E-state index contributed by atoms with van der Waals surface area (Å²) in [6.45, 7) is 7.27. The number of Topliss-reactive ketones (excluding diaryl/α,β-unsaturated/α-hetero) is 2. The Morgan fingerprint density at radius 1 is 0.696 bits per heavy atom. The molecule has 0 fully saturated rings. The van der Waals surface area contributed by atoms with Gasteiger partial charge in [-0.25, -0.2) is 0 Å². The van der Waals surface area contributed by atoms with Crippen molar-refractivity contribution in [2.75, 3.05) is 0 Å². The maximum atomic E-state index is 12.3. The Labute approximate surface area is 140 Å². The molecule has 0 unspecified atom stereocenters. The standard InChI is InChI=1S/C21H26O2/c1-5-6-7-8-9-10-11-12-13-14-15-19-18(4)20(22)16(2)17(3)21(19)23/h5,8-10,13-15H2,1-4H3. The zero-order chi connectivity index (χ0) is 17.2. The first-order valence-corrected chi connectivity index (χ1v) is 8.38. The second-order valence-electron chi connectivity index (χ2n) is 5.78. The Hall–Kier alpha value is -2.06. The molecule has 0 heterocycles. The molecule has 0 aliphatic heterocycles. The van der Waals surface area contributed by atoms with Crippen molar-refractivity contribution in [3.8, 4) is 23.7 Å². The number of ketones is 2. The van der Waals surface area contributed by atoms with Crippen molar-refractivity contribution in [2.45, 2.75) is 72.6 Å². The molecule has 2 nitrogen and oxygen atoms in total. The summed E-state index contributed by atoms with van der Waals surface area (Å²) >= 11 is 0. The van der Waals surface area contributed by atoms with E-state index in [1.807, 2.05) is 6.92 Å². The fourth-order valence-electron chi connectivity index (χ4n) is 2.47. The third-order valence-electron chi connectivity index (χ3n) is 4.07. The Morgan fingerprint density at radius 2 is 1.22 bits per heavy atom. The Morgan fingerprint density at radius 3 is 1.83 bits per heavy atom. The van der Waals surface area contributed by atoms with Crippen LogP contribution in [0.5, 0.6) is 0 Å². The monoisotopic (exact) mass is 310 g/mol. The lowest BCUT2D eigenvalue weighted by atomic mass is 9.84. The molecule has 0 aromatic rings. The molecule has 0 spiro atoms. The van der Waals surface area contributed by atoms with Crippen LogP contribution in [0.3, 0.4) is 0 Å². The number of carbonyl (C=O) groups is 2. The first kappa shape index (κ1) is 19.0. The summed E-state index contributed by atoms with van der Waals surface area (Å²) in [6.07, 6.45) is 5.94. The summed E-state index contributed by atoms with van der Waals surface area (Å²) in [5.41, 5.74) is 2.47. The smallest absolute Gasteiger partial charge is 0.185 e. The lowest BCUT2D eigenvalue weighted by molar-refractivity contribution is -0.116. The average molecular weight is 310 g/mol. The number of rotatable bonds is 5. The molecule has 0 bridgehead atoms. The normalized spacial score (nSPS) is 14.4. The van der Waals surface area contributed by atoms with Gasteiger partial charge >= 0.3 is 0 Å². The van der Waals surface area contributed by atoms with E-state index in [0.717, 1.165) is 38.5 Å². The minimum atomic E-state index is 0.0105. The molecular weight excluding hydrogens is 284 g/mol. The number of allylic oxidation sites excluding steroid dienone is 4. The van der Waals surface area contributed by atoms with E-state index >= 15 is 0 Å². The van der Waals surface area contributed by atoms with Gasteiger partial charge in [-0.05, 0) is 40.0 Å². The van der Waals surface area contributed by atoms with Crippen molar-refractivity contribution in [3.63, 3.8) is 0 Å². The van der Waals surface area contributed by atoms with Crippen LogP contribution in [-0.4, -0.2) is 11.6 Å². The van der Waals surface area contributed by atoms with Crippen molar-refractivity contribution in [1.82, 2.24) is 0 Å². The molecule has 0 atom stereocenters. The highest BCUT2D eigenvalue weighted by atomic mass is 16.1. The lowest BCUT2D eigenvalue weighted by Crippen LogP contribution is -2.20. The van der Waals surface area contributed by atoms with Gasteiger partial charge in [0.05, 0.1) is 0 Å². The van der Waals surface area contributed by atoms with E-state index in [2.05, 4.69) is 23.7 Å². The van der Waals surface area contributed by atoms with E-state index in [-0.39, 0.29) is 11.6 Å². The summed E-state index contributed by atoms with van der Waals surface area (Å²) in [4.78, 5) is 24.3. The van der Waals surface area contributed by atoms with Gasteiger partial charge in [-0.3, -0.25) is 9.59 Å². The lowest BCUT2D eigenvalue weighted by Gasteiger charge is -2.18. The van der Waals surface area contributed by atoms with Crippen LogP contribution in [-0.2, 0) is 9.59 Å². The number of hydrogen-bond acceptors (Lipinski definition) is 2. The fourth-order valence-corrected chi connectivity index (χ4v) is 2.47. The van der Waals surface area contributed by atoms with Crippen LogP contribution in [0, 0.1) is 23.7 Å². The molecule has 122 valence electrons. The van der Waals surface area contributed by atoms with Crippen LogP contribution in [0.15, 0.2) is 22.3 Å². The van der Waals surface area contributed by atoms with Gasteiger partial charge in [0.25, 0.3) is 0 Å². The molecule has 0 aromatic heterocycles. The van der Waals surface area contributed by atoms with Crippen molar-refractivity contribution in [1.29, 1.82) is 0 Å². The highest BCUT2D eigenvalue weighted by Gasteiger charge is 2.26. The molecule has 0 amide bonds. The average Bonchev–Trinajstić information content (AvgIpc) is 2.55. The first-order valence-electron chi connectivity index (χ1n) is 8.38. The van der Waals surface area contributed by atoms with Crippen LogP contribution >= 0.6 is 0 Å². The molecule has 0 saturated carbocycles. The summed E-state index contributed by atoms with van der Waals surface area (Å²) in [5, 5.41) is 0. The van der Waals surface area contributed by atoms with Crippen LogP contribution in [0.4, 0.5) is 0 Å². The fraction of sp³-hybridized carbons (Fsp3) is 0.524. The van der Waals surface area contributed by atoms with Crippen molar-refractivity contribution in [2.24, 2.45) is 0 Å². The molecule has 0 aromatic carbocycles. The topological polar surface area (TPSA) is 34.1 Å². The largest absolute Gasteiger partial charge is 0.289 e. The first-order chi connectivity index (χ1) is 11.0. The molecule has 1 aliphatic rings. The van der Waals surface area contributed by atoms with Gasteiger partial charge in [-0.1, -0.05) is 6.92 Å². The van der Waals surface area contributed by atoms with Gasteiger partial charge in [0.1, 0.15) is 0 Å². The van der Waals surface area contributed by atoms with Gasteiger partial charge in [0.15, 0.2) is 11.6 Å². The van der Waals surface area contributed by atoms with E-state index in [1.165, 1.54) is 0 Å². The second-order valence-corrected chi connectivity index (χ2v) is 5.78. The molecule has 2 heteroatoms. The predicted octanol–water partition coefficient (Wildman–Crippen LogP) is 4.55. The van der Waals surface area contributed by atoms with Gasteiger partial charge in [0, 0.05) is 48.0 Å². The minimum absolute atomic E-state index is 0.0105. The van der Waals surface area contributed by atoms with E-state index in [4.69, 9.17) is 0 Å². The summed E-state index contributed by atoms with van der Waals surface area (Å²) in [6, 6.07) is 0. The highest BCUT2D eigenvalue weighted by molar-refractivity contribution is 6.24. The molecule has 0 radical (unpaired) electrons. The van der Waals surface area contributed by atoms with E-state index in [9.17, 15) is 9.59 Å². The number of unbranched alkanes of at least 4 members (excludes halogenated alkanes) is 3. The van der Waals surface area contributed by atoms with E-state index in [0.29, 0.717) is 28.7 Å². The molecular formula is C21H26O2. The van der Waals surface area contributed by atoms with Crippen molar-refractivity contribution in [3.05, 3.63) is 22.3 Å². The highest BCUT2D eigenvalue weighted by Crippen LogP contribution is 2.27. The van der Waals surface area contributed by atoms with Crippen LogP contribution in [0.2, 0.25) is 0 Å². The van der Waals surface area contributed by atoms with Gasteiger partial charge < -0.3 is 0 Å². The Balaban J connectivity index is 2.39. The molecule has 1 rings (SSSR count). The van der Waals surface area contributed by atoms with Crippen LogP contribution in [0.1, 0.15) is 72.6 Å². The predicted molar refractivity (Wildman–Crippen MR) is 94.6 cm³/mol. The van der Waals surface area contributed by atoms with Crippen molar-refractivity contribution < 1.29 is 9.59 Å². The van der Waals surface area contributed by atoms with Gasteiger partial charge in [0.2, 0.25) is 0 Å². The van der Waals surface area contributed by atoms with Crippen LogP contribution in [0.25, 0.3) is 0 Å². The molecule has 23 heavy (non-hydrogen) atoms. The second kappa shape index (κ2) is 9.86.